The van der Waals surface area contributed by atoms with Crippen molar-refractivity contribution >= 4 is 64.2 Å². The van der Waals surface area contributed by atoms with Crippen LogP contribution < -0.4 is 32.3 Å². The summed E-state index contributed by atoms with van der Waals surface area (Å²) in [5, 5.41) is 27.8. The lowest BCUT2D eigenvalue weighted by Crippen LogP contribution is -2.60. The van der Waals surface area contributed by atoms with Crippen molar-refractivity contribution in [2.75, 3.05) is 49.8 Å². The maximum Gasteiger partial charge on any atom is 0.305 e. The molecule has 0 bridgehead atoms. The molecular formula is C58H94N10O10. The minimum Gasteiger partial charge on any atom is -0.481 e. The molecule has 0 aliphatic heterocycles. The molecule has 3 aromatic rings. The van der Waals surface area contributed by atoms with Gasteiger partial charge < -0.3 is 52.0 Å². The molecule has 0 aliphatic rings. The summed E-state index contributed by atoms with van der Waals surface area (Å²) >= 11 is 0. The highest BCUT2D eigenvalue weighted by molar-refractivity contribution is 5.98. The fourth-order valence-corrected chi connectivity index (χ4v) is 9.07. The minimum absolute atomic E-state index is 0.0147. The summed E-state index contributed by atoms with van der Waals surface area (Å²) < 4.78 is 11.2. The number of anilines is 3. The lowest BCUT2D eigenvalue weighted by molar-refractivity contribution is -0.154. The van der Waals surface area contributed by atoms with Crippen molar-refractivity contribution in [1.82, 2.24) is 35.9 Å². The van der Waals surface area contributed by atoms with E-state index < -0.39 is 80.0 Å². The van der Waals surface area contributed by atoms with Crippen LogP contribution >= 0.6 is 0 Å². The Morgan fingerprint density at radius 3 is 1.59 bits per heavy atom. The number of aliphatic hydroxyl groups is 1. The van der Waals surface area contributed by atoms with E-state index in [0.29, 0.717) is 36.3 Å². The number of nitrogen functional groups attached to an aromatic ring is 2. The molecule has 20 heteroatoms. The third-order valence-electron chi connectivity index (χ3n) is 13.9. The Morgan fingerprint density at radius 2 is 1.13 bits per heavy atom. The number of fused-ring (bicyclic) bond motifs is 1. The van der Waals surface area contributed by atoms with Crippen LogP contribution in [0.1, 0.15) is 223 Å². The number of carbonyl (C=O) groups is 6. The zero-order valence-electron chi connectivity index (χ0n) is 47.3. The fourth-order valence-electron chi connectivity index (χ4n) is 9.07. The first-order valence-electron chi connectivity index (χ1n) is 29.1. The van der Waals surface area contributed by atoms with Crippen LogP contribution in [0.15, 0.2) is 30.5 Å². The largest absolute Gasteiger partial charge is 0.481 e. The zero-order valence-corrected chi connectivity index (χ0v) is 47.3. The van der Waals surface area contributed by atoms with Gasteiger partial charge in [0, 0.05) is 37.6 Å². The van der Waals surface area contributed by atoms with Crippen molar-refractivity contribution in [3.63, 3.8) is 0 Å². The highest BCUT2D eigenvalue weighted by Crippen LogP contribution is 2.21. The molecule has 1 atom stereocenters. The lowest BCUT2D eigenvalue weighted by Gasteiger charge is -2.32. The van der Waals surface area contributed by atoms with Crippen molar-refractivity contribution in [1.29, 1.82) is 0 Å². The van der Waals surface area contributed by atoms with Gasteiger partial charge in [0.25, 0.3) is 5.91 Å². The van der Waals surface area contributed by atoms with Crippen LogP contribution in [-0.2, 0) is 40.0 Å². The Hall–Kier alpha value is -6.18. The molecule has 20 nitrogen and oxygen atoms in total. The molecule has 0 radical (unpaired) electrons. The SMILES string of the molecule is CCCCCCCCCCCCCCCC(=O)OCC(CO)(COC(=O)CCCCCCCCCCCCCCC)NC(=O)CNC(=O)[C@H](CCC(=O)O)NC(=O)c1ccc(N(C)Cc2cnc3nc(N)nc(N)c3n2)cc1. The summed E-state index contributed by atoms with van der Waals surface area (Å²) in [6.07, 6.45) is 31.0. The van der Waals surface area contributed by atoms with E-state index in [-0.39, 0.29) is 42.2 Å². The van der Waals surface area contributed by atoms with Gasteiger partial charge in [0.1, 0.15) is 24.8 Å². The number of nitrogens with zero attached hydrogens (tertiary/aromatic N) is 5. The Bertz CT molecular complexity index is 2190. The maximum atomic E-state index is 13.5. The Morgan fingerprint density at radius 1 is 0.654 bits per heavy atom. The van der Waals surface area contributed by atoms with E-state index in [2.05, 4.69) is 49.7 Å². The van der Waals surface area contributed by atoms with Crippen LogP contribution in [0.25, 0.3) is 11.2 Å². The number of rotatable bonds is 45. The van der Waals surface area contributed by atoms with E-state index in [1.807, 2.05) is 4.90 Å². The molecule has 2 heterocycles. The smallest absolute Gasteiger partial charge is 0.305 e. The third-order valence-corrected chi connectivity index (χ3v) is 13.9. The topological polar surface area (TPSA) is 304 Å². The Kier molecular flexibility index (Phi) is 33.2. The summed E-state index contributed by atoms with van der Waals surface area (Å²) in [5.74, 6) is -4.51. The van der Waals surface area contributed by atoms with Gasteiger partial charge in [0.05, 0.1) is 31.6 Å². The number of unbranched alkanes of at least 4 members (excludes halogenated alkanes) is 24. The maximum absolute atomic E-state index is 13.5. The van der Waals surface area contributed by atoms with E-state index in [9.17, 15) is 39.0 Å². The first-order chi connectivity index (χ1) is 37.7. The van der Waals surface area contributed by atoms with Gasteiger partial charge in [0.2, 0.25) is 17.8 Å². The fraction of sp³-hybridized carbons (Fsp3) is 0.690. The number of aromatic nitrogens is 4. The molecule has 78 heavy (non-hydrogen) atoms. The van der Waals surface area contributed by atoms with Crippen LogP contribution in [0.2, 0.25) is 0 Å². The molecule has 3 amide bonds. The Balaban J connectivity index is 1.55. The number of benzene rings is 1. The number of hydrogen-bond acceptors (Lipinski definition) is 16. The molecule has 9 N–H and O–H groups in total. The monoisotopic (exact) mass is 1090 g/mol. The standard InChI is InChI=1S/C58H94N10O10/c1-4-6-8-10-12-14-16-18-20-22-24-26-28-30-50(73)77-42-58(41-69,43-78-51(74)31-29-27-25-23-21-19-17-15-13-11-9-7-5-2)67-48(70)39-62-56(76)47(36-37-49(71)72)64-55(75)44-32-34-46(35-33-44)68(3)40-45-38-61-54-52(63-45)53(59)65-57(60)66-54/h32-35,38,47,69H,4-31,36-37,39-43H2,1-3H3,(H,62,76)(H,64,75)(H,67,70)(H,71,72)(H4,59,60,61,65,66)/t47-/m0/s1. The van der Waals surface area contributed by atoms with Gasteiger partial charge in [0.15, 0.2) is 17.0 Å². The molecule has 0 saturated heterocycles. The van der Waals surface area contributed by atoms with Crippen LogP contribution in [0.5, 0.6) is 0 Å². The van der Waals surface area contributed by atoms with Gasteiger partial charge in [-0.25, -0.2) is 9.97 Å². The number of carboxylic acids is 1. The van der Waals surface area contributed by atoms with E-state index in [4.69, 9.17) is 20.9 Å². The molecule has 0 spiro atoms. The van der Waals surface area contributed by atoms with Crippen molar-refractivity contribution < 1.29 is 48.5 Å². The van der Waals surface area contributed by atoms with E-state index in [1.54, 1.807) is 25.4 Å². The predicted octanol–water partition coefficient (Wildman–Crippen LogP) is 9.20. The summed E-state index contributed by atoms with van der Waals surface area (Å²) in [6.45, 7) is 2.31. The highest BCUT2D eigenvalue weighted by Gasteiger charge is 2.36. The average Bonchev–Trinajstić information content (AvgIpc) is 3.44. The number of ether oxygens (including phenoxy) is 2. The van der Waals surface area contributed by atoms with Crippen molar-refractivity contribution in [3.8, 4) is 0 Å². The quantitative estimate of drug-likeness (QED) is 0.0205. The van der Waals surface area contributed by atoms with Crippen molar-refractivity contribution in [2.24, 2.45) is 0 Å². The van der Waals surface area contributed by atoms with Gasteiger partial charge >= 0.3 is 17.9 Å². The summed E-state index contributed by atoms with van der Waals surface area (Å²) in [4.78, 5) is 96.7. The van der Waals surface area contributed by atoms with Gasteiger partial charge in [-0.15, -0.1) is 0 Å². The summed E-state index contributed by atoms with van der Waals surface area (Å²) in [6, 6.07) is 5.07. The van der Waals surface area contributed by atoms with E-state index in [0.717, 1.165) is 38.5 Å². The second-order valence-electron chi connectivity index (χ2n) is 20.9. The summed E-state index contributed by atoms with van der Waals surface area (Å²) in [7, 11) is 1.80. The first kappa shape index (κ1) is 66.1. The van der Waals surface area contributed by atoms with Crippen LogP contribution in [0.4, 0.5) is 17.5 Å². The molecular weight excluding hydrogens is 997 g/mol. The molecule has 0 unspecified atom stereocenters. The molecule has 2 aromatic heterocycles. The molecule has 0 fully saturated rings. The van der Waals surface area contributed by atoms with Crippen molar-refractivity contribution in [3.05, 3.63) is 41.7 Å². The molecule has 0 saturated carbocycles. The molecule has 1 aromatic carbocycles. The van der Waals surface area contributed by atoms with Crippen molar-refractivity contribution in [2.45, 2.75) is 225 Å². The number of nitrogens with two attached hydrogens (primary N) is 2. The molecule has 3 rings (SSSR count). The van der Waals surface area contributed by atoms with Crippen LogP contribution in [0, 0.1) is 0 Å². The van der Waals surface area contributed by atoms with Crippen LogP contribution in [-0.4, -0.2) is 111 Å². The first-order valence-corrected chi connectivity index (χ1v) is 29.1. The van der Waals surface area contributed by atoms with Gasteiger partial charge in [-0.3, -0.25) is 28.8 Å². The van der Waals surface area contributed by atoms with Crippen LogP contribution in [0.3, 0.4) is 0 Å². The normalized spacial score (nSPS) is 11.7. The predicted molar refractivity (Wildman–Crippen MR) is 304 cm³/mol. The highest BCUT2D eigenvalue weighted by atomic mass is 16.6. The number of amides is 3. The lowest BCUT2D eigenvalue weighted by atomic mass is 10.0. The number of hydrogen-bond donors (Lipinski definition) is 7. The van der Waals surface area contributed by atoms with E-state index >= 15 is 0 Å². The van der Waals surface area contributed by atoms with Gasteiger partial charge in [-0.1, -0.05) is 168 Å². The second-order valence-corrected chi connectivity index (χ2v) is 20.9. The van der Waals surface area contributed by atoms with Gasteiger partial charge in [-0.05, 0) is 43.5 Å². The number of esters is 2. The Labute approximate surface area is 463 Å². The number of nitrogens with one attached hydrogen (secondary N) is 3. The second kappa shape index (κ2) is 39.2. The third kappa shape index (κ3) is 27.9. The van der Waals surface area contributed by atoms with Gasteiger partial charge in [-0.2, -0.15) is 9.97 Å². The summed E-state index contributed by atoms with van der Waals surface area (Å²) in [5.41, 5.74) is 11.9. The molecule has 0 aliphatic carbocycles. The average molecular weight is 1090 g/mol. The van der Waals surface area contributed by atoms with E-state index in [1.165, 1.54) is 128 Å². The number of aliphatic carboxylic acids is 1. The minimum atomic E-state index is -1.74. The molecule has 436 valence electrons. The number of carboxylic acid groups (broad SMARTS) is 1. The number of carbonyl (C=O) groups excluding carboxylic acids is 5. The number of aliphatic hydroxyl groups excluding tert-OH is 1. The zero-order chi connectivity index (χ0) is 56.8.